The van der Waals surface area contributed by atoms with Crippen LogP contribution in [0.2, 0.25) is 0 Å². The zero-order chi connectivity index (χ0) is 20.1. The quantitative estimate of drug-likeness (QED) is 0.721. The number of hydrogen-bond donors (Lipinski definition) is 1. The zero-order valence-electron chi connectivity index (χ0n) is 15.7. The first-order valence-electron chi connectivity index (χ1n) is 8.85. The molecule has 0 atom stereocenters. The minimum Gasteiger partial charge on any atom is -0.495 e. The maximum Gasteiger partial charge on any atom is 0.271 e. The maximum atomic E-state index is 13.2. The van der Waals surface area contributed by atoms with Gasteiger partial charge in [0.1, 0.15) is 17.4 Å². The number of anilines is 1. The van der Waals surface area contributed by atoms with Gasteiger partial charge in [-0.2, -0.15) is 0 Å². The lowest BCUT2D eigenvalue weighted by Crippen LogP contribution is -2.43. The van der Waals surface area contributed by atoms with Gasteiger partial charge >= 0.3 is 0 Å². The molecule has 1 N–H and O–H groups in total. The van der Waals surface area contributed by atoms with Crippen molar-refractivity contribution in [3.63, 3.8) is 0 Å². The summed E-state index contributed by atoms with van der Waals surface area (Å²) >= 11 is 0. The average molecular weight is 401 g/mol. The van der Waals surface area contributed by atoms with E-state index in [9.17, 15) is 8.42 Å². The normalized spacial score (nSPS) is 14.4. The molecule has 1 aliphatic heterocycles. The van der Waals surface area contributed by atoms with E-state index in [4.69, 9.17) is 9.53 Å². The van der Waals surface area contributed by atoms with Crippen molar-refractivity contribution in [3.05, 3.63) is 54.7 Å². The molecule has 1 aliphatic rings. The van der Waals surface area contributed by atoms with E-state index >= 15 is 0 Å². The Morgan fingerprint density at radius 1 is 1.04 bits per heavy atom. The van der Waals surface area contributed by atoms with Crippen LogP contribution >= 0.6 is 0 Å². The molecule has 0 amide bonds. The molecule has 1 aromatic heterocycles. The second-order valence-electron chi connectivity index (χ2n) is 6.25. The summed E-state index contributed by atoms with van der Waals surface area (Å²) in [6.07, 6.45) is 1.61. The molecule has 0 saturated carbocycles. The second kappa shape index (κ2) is 8.45. The Morgan fingerprint density at radius 2 is 1.75 bits per heavy atom. The third-order valence-corrected chi connectivity index (χ3v) is 6.46. The summed E-state index contributed by atoms with van der Waals surface area (Å²) in [6, 6.07) is 14.5. The van der Waals surface area contributed by atoms with Crippen LogP contribution in [0.5, 0.6) is 5.75 Å². The maximum absolute atomic E-state index is 13.2. The highest BCUT2D eigenvalue weighted by Gasteiger charge is 2.23. The monoisotopic (exact) mass is 401 g/mol. The van der Waals surface area contributed by atoms with E-state index in [1.54, 1.807) is 30.5 Å². The van der Waals surface area contributed by atoms with Gasteiger partial charge in [-0.25, -0.2) is 12.4 Å². The second-order valence-corrected chi connectivity index (χ2v) is 8.03. The van der Waals surface area contributed by atoms with Gasteiger partial charge < -0.3 is 19.7 Å². The van der Waals surface area contributed by atoms with Crippen LogP contribution in [-0.2, 0) is 14.8 Å². The number of aromatic nitrogens is 1. The number of carbonyl (C=O) groups is 1. The number of piperazine rings is 1. The molecule has 3 aromatic rings. The molecule has 0 radical (unpaired) electrons. The Labute approximate surface area is 164 Å². The number of para-hydroxylation sites is 1. The van der Waals surface area contributed by atoms with E-state index in [0.717, 1.165) is 37.3 Å². The lowest BCUT2D eigenvalue weighted by atomic mass is 10.2. The molecule has 1 saturated heterocycles. The molecule has 28 heavy (non-hydrogen) atoms. The van der Waals surface area contributed by atoms with Gasteiger partial charge in [0, 0.05) is 43.4 Å². The van der Waals surface area contributed by atoms with Crippen LogP contribution in [0.15, 0.2) is 59.6 Å². The van der Waals surface area contributed by atoms with Gasteiger partial charge in [-0.3, -0.25) is 0 Å². The van der Waals surface area contributed by atoms with Crippen molar-refractivity contribution in [1.82, 2.24) is 9.29 Å². The molecule has 8 heteroatoms. The minimum absolute atomic E-state index is 0.160. The van der Waals surface area contributed by atoms with Gasteiger partial charge in [-0.1, -0.05) is 18.2 Å². The van der Waals surface area contributed by atoms with E-state index in [1.807, 2.05) is 31.1 Å². The summed E-state index contributed by atoms with van der Waals surface area (Å²) in [5, 5.41) is 4.22. The van der Waals surface area contributed by atoms with Gasteiger partial charge in [0.25, 0.3) is 10.0 Å². The van der Waals surface area contributed by atoms with E-state index in [-0.39, 0.29) is 4.90 Å². The fraction of sp³-hybridized carbons (Fsp3) is 0.250. The highest BCUT2D eigenvalue weighted by atomic mass is 32.2. The molecule has 0 aliphatic carbocycles. The van der Waals surface area contributed by atoms with Crippen LogP contribution in [0.3, 0.4) is 0 Å². The van der Waals surface area contributed by atoms with Crippen LogP contribution in [0, 0.1) is 0 Å². The largest absolute Gasteiger partial charge is 0.495 e. The Morgan fingerprint density at radius 3 is 2.46 bits per heavy atom. The number of rotatable bonds is 4. The molecular formula is C20H23N3O4S. The Balaban J connectivity index is 0.00000109. The molecule has 0 spiro atoms. The molecule has 2 heterocycles. The number of nitrogens with zero attached hydrogens (tertiary/aromatic N) is 2. The van der Waals surface area contributed by atoms with Crippen molar-refractivity contribution >= 4 is 33.4 Å². The lowest BCUT2D eigenvalue weighted by Gasteiger charge is -2.29. The topological polar surface area (TPSA) is 80.6 Å². The van der Waals surface area contributed by atoms with Crippen LogP contribution in [0.4, 0.5) is 5.69 Å². The highest BCUT2D eigenvalue weighted by molar-refractivity contribution is 7.90. The first-order valence-corrected chi connectivity index (χ1v) is 10.3. The van der Waals surface area contributed by atoms with Crippen molar-refractivity contribution < 1.29 is 17.9 Å². The predicted octanol–water partition coefficient (Wildman–Crippen LogP) is 2.11. The molecular weight excluding hydrogens is 378 g/mol. The van der Waals surface area contributed by atoms with Crippen molar-refractivity contribution in [1.29, 1.82) is 0 Å². The summed E-state index contributed by atoms with van der Waals surface area (Å²) < 4.78 is 33.1. The summed E-state index contributed by atoms with van der Waals surface area (Å²) in [5.74, 6) is 0.340. The molecule has 2 aromatic carbocycles. The van der Waals surface area contributed by atoms with Crippen molar-refractivity contribution in [2.24, 2.45) is 0 Å². The number of fused-ring (bicyclic) bond motifs is 1. The lowest BCUT2D eigenvalue weighted by molar-refractivity contribution is -0.0979. The Hall–Kier alpha value is -2.84. The van der Waals surface area contributed by atoms with E-state index in [1.165, 1.54) is 11.1 Å². The SMILES string of the molecule is C=O.COc1ccccc1S(=O)(=O)n1ccc2ccc(N3CCNCC3)cc21. The van der Waals surface area contributed by atoms with Crippen LogP contribution in [0.1, 0.15) is 0 Å². The number of benzene rings is 2. The first-order chi connectivity index (χ1) is 13.6. The van der Waals surface area contributed by atoms with Crippen molar-refractivity contribution in [2.45, 2.75) is 4.90 Å². The molecule has 0 unspecified atom stereocenters. The summed E-state index contributed by atoms with van der Waals surface area (Å²) in [6.45, 7) is 5.67. The average Bonchev–Trinajstić information content (AvgIpc) is 3.20. The van der Waals surface area contributed by atoms with Gasteiger partial charge in [-0.05, 0) is 30.3 Å². The number of methoxy groups -OCH3 is 1. The van der Waals surface area contributed by atoms with Crippen LogP contribution in [0.25, 0.3) is 10.9 Å². The first kappa shape index (κ1) is 19.9. The van der Waals surface area contributed by atoms with E-state index < -0.39 is 10.0 Å². The Kier molecular flexibility index (Phi) is 6.01. The zero-order valence-corrected chi connectivity index (χ0v) is 16.5. The van der Waals surface area contributed by atoms with Gasteiger partial charge in [-0.15, -0.1) is 0 Å². The van der Waals surface area contributed by atoms with Gasteiger partial charge in [0.05, 0.1) is 12.6 Å². The van der Waals surface area contributed by atoms with Gasteiger partial charge in [0.2, 0.25) is 0 Å². The van der Waals surface area contributed by atoms with Crippen molar-refractivity contribution in [3.8, 4) is 5.75 Å². The minimum atomic E-state index is -3.75. The van der Waals surface area contributed by atoms with Gasteiger partial charge in [0.15, 0.2) is 0 Å². The fourth-order valence-corrected chi connectivity index (χ4v) is 4.87. The van der Waals surface area contributed by atoms with E-state index in [0.29, 0.717) is 11.3 Å². The summed E-state index contributed by atoms with van der Waals surface area (Å²) in [4.78, 5) is 10.4. The number of nitrogens with one attached hydrogen (secondary N) is 1. The summed E-state index contributed by atoms with van der Waals surface area (Å²) in [5.41, 5.74) is 1.71. The molecule has 0 bridgehead atoms. The fourth-order valence-electron chi connectivity index (χ4n) is 3.36. The molecule has 7 nitrogen and oxygen atoms in total. The number of ether oxygens (including phenoxy) is 1. The van der Waals surface area contributed by atoms with E-state index in [2.05, 4.69) is 10.2 Å². The predicted molar refractivity (Wildman–Crippen MR) is 110 cm³/mol. The standard InChI is InChI=1S/C19H21N3O3S.CH2O/c1-25-18-4-2-3-5-19(18)26(23,24)22-11-8-15-6-7-16(14-17(15)22)21-12-9-20-10-13-21;1-2/h2-8,11,14,20H,9-10,12-13H2,1H3;1H2. The van der Waals surface area contributed by atoms with Crippen LogP contribution in [-0.4, -0.2) is 52.5 Å². The third kappa shape index (κ3) is 3.61. The molecule has 148 valence electrons. The molecule has 4 rings (SSSR count). The number of carbonyl (C=O) groups excluding carboxylic acids is 1. The summed E-state index contributed by atoms with van der Waals surface area (Å²) in [7, 11) is -2.27. The third-order valence-electron chi connectivity index (χ3n) is 4.73. The van der Waals surface area contributed by atoms with Crippen LogP contribution < -0.4 is 15.0 Å². The smallest absolute Gasteiger partial charge is 0.271 e. The highest BCUT2D eigenvalue weighted by Crippen LogP contribution is 2.30. The number of hydrogen-bond acceptors (Lipinski definition) is 6. The molecule has 1 fully saturated rings. The van der Waals surface area contributed by atoms with Crippen molar-refractivity contribution in [2.75, 3.05) is 38.2 Å². The Bertz CT molecular complexity index is 1060.